The number of benzene rings is 1. The van der Waals surface area contributed by atoms with Crippen LogP contribution in [0.3, 0.4) is 0 Å². The summed E-state index contributed by atoms with van der Waals surface area (Å²) >= 11 is 1.68. The number of hydrogen-bond donors (Lipinski definition) is 2. The van der Waals surface area contributed by atoms with Gasteiger partial charge in [0.25, 0.3) is 0 Å². The highest BCUT2D eigenvalue weighted by atomic mass is 32.2. The van der Waals surface area contributed by atoms with Crippen molar-refractivity contribution in [1.29, 1.82) is 5.41 Å². The number of amidine groups is 1. The SMILES string of the molecule is CCCCSc1nc2ccccc2cc1C(=N)N. The van der Waals surface area contributed by atoms with Crippen LogP contribution in [0.5, 0.6) is 0 Å². The number of nitrogens with two attached hydrogens (primary N) is 1. The zero-order valence-corrected chi connectivity index (χ0v) is 11.3. The van der Waals surface area contributed by atoms with Crippen molar-refractivity contribution < 1.29 is 0 Å². The van der Waals surface area contributed by atoms with Gasteiger partial charge in [0.15, 0.2) is 0 Å². The van der Waals surface area contributed by atoms with Crippen LogP contribution < -0.4 is 5.73 Å². The highest BCUT2D eigenvalue weighted by molar-refractivity contribution is 7.99. The number of pyridine rings is 1. The lowest BCUT2D eigenvalue weighted by molar-refractivity contribution is 0.895. The van der Waals surface area contributed by atoms with Gasteiger partial charge in [0, 0.05) is 10.9 Å². The van der Waals surface area contributed by atoms with E-state index in [2.05, 4.69) is 11.9 Å². The summed E-state index contributed by atoms with van der Waals surface area (Å²) < 4.78 is 0. The molecule has 2 aromatic rings. The Balaban J connectivity index is 2.41. The summed E-state index contributed by atoms with van der Waals surface area (Å²) in [6.45, 7) is 2.17. The number of hydrogen-bond acceptors (Lipinski definition) is 3. The van der Waals surface area contributed by atoms with Crippen molar-refractivity contribution in [2.45, 2.75) is 24.8 Å². The van der Waals surface area contributed by atoms with Crippen LogP contribution in [0.2, 0.25) is 0 Å². The summed E-state index contributed by atoms with van der Waals surface area (Å²) in [5.74, 6) is 1.11. The van der Waals surface area contributed by atoms with Gasteiger partial charge in [-0.15, -0.1) is 11.8 Å². The van der Waals surface area contributed by atoms with Crippen molar-refractivity contribution >= 4 is 28.5 Å². The monoisotopic (exact) mass is 259 g/mol. The van der Waals surface area contributed by atoms with E-state index in [0.29, 0.717) is 0 Å². The lowest BCUT2D eigenvalue weighted by atomic mass is 10.1. The van der Waals surface area contributed by atoms with Crippen molar-refractivity contribution in [2.75, 3.05) is 5.75 Å². The van der Waals surface area contributed by atoms with Gasteiger partial charge in [0.05, 0.1) is 5.52 Å². The van der Waals surface area contributed by atoms with Crippen molar-refractivity contribution in [3.63, 3.8) is 0 Å². The first-order chi connectivity index (χ1) is 8.72. The van der Waals surface area contributed by atoms with Gasteiger partial charge < -0.3 is 5.73 Å². The number of para-hydroxylation sites is 1. The lowest BCUT2D eigenvalue weighted by Gasteiger charge is -2.08. The Labute approximate surface area is 111 Å². The third kappa shape index (κ3) is 2.82. The molecule has 1 heterocycles. The Bertz CT molecular complexity index is 566. The van der Waals surface area contributed by atoms with E-state index >= 15 is 0 Å². The highest BCUT2D eigenvalue weighted by Crippen LogP contribution is 2.25. The second kappa shape index (κ2) is 5.87. The van der Waals surface area contributed by atoms with E-state index in [1.165, 1.54) is 0 Å². The number of rotatable bonds is 5. The predicted octanol–water partition coefficient (Wildman–Crippen LogP) is 3.41. The number of aromatic nitrogens is 1. The number of thioether (sulfide) groups is 1. The molecule has 0 amide bonds. The maximum atomic E-state index is 7.66. The molecule has 0 atom stereocenters. The predicted molar refractivity (Wildman–Crippen MR) is 78.4 cm³/mol. The molecule has 0 bridgehead atoms. The lowest BCUT2D eigenvalue weighted by Crippen LogP contribution is -2.13. The fourth-order valence-corrected chi connectivity index (χ4v) is 2.83. The minimum absolute atomic E-state index is 0.0900. The van der Waals surface area contributed by atoms with Crippen molar-refractivity contribution in [3.8, 4) is 0 Å². The fraction of sp³-hybridized carbons (Fsp3) is 0.286. The molecule has 3 nitrogen and oxygen atoms in total. The number of fused-ring (bicyclic) bond motifs is 1. The quantitative estimate of drug-likeness (QED) is 0.374. The summed E-state index contributed by atoms with van der Waals surface area (Å²) in [4.78, 5) is 4.61. The van der Waals surface area contributed by atoms with E-state index in [9.17, 15) is 0 Å². The largest absolute Gasteiger partial charge is 0.384 e. The Kier molecular flexibility index (Phi) is 4.20. The third-order valence-electron chi connectivity index (χ3n) is 2.72. The van der Waals surface area contributed by atoms with Crippen molar-refractivity contribution in [3.05, 3.63) is 35.9 Å². The van der Waals surface area contributed by atoms with E-state index in [1.54, 1.807) is 11.8 Å². The van der Waals surface area contributed by atoms with Crippen molar-refractivity contribution in [2.24, 2.45) is 5.73 Å². The zero-order valence-electron chi connectivity index (χ0n) is 10.4. The van der Waals surface area contributed by atoms with Crippen molar-refractivity contribution in [1.82, 2.24) is 4.98 Å². The fourth-order valence-electron chi connectivity index (χ4n) is 1.71. The minimum atomic E-state index is 0.0900. The topological polar surface area (TPSA) is 62.8 Å². The molecule has 2 rings (SSSR count). The van der Waals surface area contributed by atoms with Crippen LogP contribution in [0, 0.1) is 5.41 Å². The normalized spacial score (nSPS) is 10.7. The summed E-state index contributed by atoms with van der Waals surface area (Å²) in [5.41, 5.74) is 7.34. The summed E-state index contributed by atoms with van der Waals surface area (Å²) in [6.07, 6.45) is 2.31. The molecule has 18 heavy (non-hydrogen) atoms. The van der Waals surface area contributed by atoms with E-state index < -0.39 is 0 Å². The van der Waals surface area contributed by atoms with E-state index in [4.69, 9.17) is 11.1 Å². The zero-order chi connectivity index (χ0) is 13.0. The standard InChI is InChI=1S/C14H17N3S/c1-2-3-8-18-14-11(13(15)16)9-10-6-4-5-7-12(10)17-14/h4-7,9H,2-3,8H2,1H3,(H3,15,16). The van der Waals surface area contributed by atoms with Crippen LogP contribution in [0.25, 0.3) is 10.9 Å². The van der Waals surface area contributed by atoms with Crippen LogP contribution in [0.4, 0.5) is 0 Å². The van der Waals surface area contributed by atoms with Gasteiger partial charge in [0.1, 0.15) is 10.9 Å². The maximum absolute atomic E-state index is 7.66. The molecule has 0 spiro atoms. The Hall–Kier alpha value is -1.55. The molecular formula is C14H17N3S. The smallest absolute Gasteiger partial charge is 0.125 e. The molecule has 0 radical (unpaired) electrons. The second-order valence-electron chi connectivity index (χ2n) is 4.15. The summed E-state index contributed by atoms with van der Waals surface area (Å²) in [6, 6.07) is 9.89. The number of nitrogens with zero attached hydrogens (tertiary/aromatic N) is 1. The molecular weight excluding hydrogens is 242 g/mol. The molecule has 0 saturated heterocycles. The molecule has 0 saturated carbocycles. The average molecular weight is 259 g/mol. The molecule has 0 aliphatic heterocycles. The third-order valence-corrected chi connectivity index (χ3v) is 3.79. The Morgan fingerprint density at radius 2 is 2.17 bits per heavy atom. The van der Waals surface area contributed by atoms with Gasteiger partial charge in [0.2, 0.25) is 0 Å². The van der Waals surface area contributed by atoms with Gasteiger partial charge >= 0.3 is 0 Å². The van der Waals surface area contributed by atoms with Gasteiger partial charge in [-0.3, -0.25) is 5.41 Å². The molecule has 1 aromatic carbocycles. The van der Waals surface area contributed by atoms with Crippen LogP contribution in [0.15, 0.2) is 35.4 Å². The number of nitrogen functional groups attached to an aromatic ring is 1. The first kappa shape index (κ1) is 12.9. The van der Waals surface area contributed by atoms with Gasteiger partial charge in [-0.2, -0.15) is 0 Å². The van der Waals surface area contributed by atoms with Gasteiger partial charge in [-0.05, 0) is 24.3 Å². The van der Waals surface area contributed by atoms with E-state index in [0.717, 1.165) is 40.1 Å². The second-order valence-corrected chi connectivity index (χ2v) is 5.23. The summed E-state index contributed by atoms with van der Waals surface area (Å²) in [5, 5.41) is 9.56. The van der Waals surface area contributed by atoms with Gasteiger partial charge in [-0.1, -0.05) is 31.5 Å². The van der Waals surface area contributed by atoms with Crippen LogP contribution >= 0.6 is 11.8 Å². The minimum Gasteiger partial charge on any atom is -0.384 e. The molecule has 0 fully saturated rings. The van der Waals surface area contributed by atoms with Gasteiger partial charge in [-0.25, -0.2) is 4.98 Å². The highest BCUT2D eigenvalue weighted by Gasteiger charge is 2.09. The molecule has 3 N–H and O–H groups in total. The number of nitrogens with one attached hydrogen (secondary N) is 1. The molecule has 1 aromatic heterocycles. The molecule has 0 unspecified atom stereocenters. The molecule has 94 valence electrons. The Morgan fingerprint density at radius 1 is 1.39 bits per heavy atom. The molecule has 0 aliphatic carbocycles. The number of unbranched alkanes of at least 4 members (excludes halogenated alkanes) is 1. The molecule has 4 heteroatoms. The molecule has 0 aliphatic rings. The Morgan fingerprint density at radius 3 is 2.89 bits per heavy atom. The summed E-state index contributed by atoms with van der Waals surface area (Å²) in [7, 11) is 0. The van der Waals surface area contributed by atoms with Crippen LogP contribution in [-0.2, 0) is 0 Å². The maximum Gasteiger partial charge on any atom is 0.125 e. The first-order valence-electron chi connectivity index (χ1n) is 6.09. The van der Waals surface area contributed by atoms with Crippen LogP contribution in [0.1, 0.15) is 25.3 Å². The first-order valence-corrected chi connectivity index (χ1v) is 7.08. The average Bonchev–Trinajstić information content (AvgIpc) is 2.38. The van der Waals surface area contributed by atoms with Crippen LogP contribution in [-0.4, -0.2) is 16.6 Å². The van der Waals surface area contributed by atoms with E-state index in [-0.39, 0.29) is 5.84 Å². The van der Waals surface area contributed by atoms with E-state index in [1.807, 2.05) is 30.3 Å².